The molecule has 11 nitrogen and oxygen atoms in total. The highest BCUT2D eigenvalue weighted by atomic mass is 35.5. The molecule has 4 aromatic rings. The summed E-state index contributed by atoms with van der Waals surface area (Å²) in [7, 11) is -10.9. The topological polar surface area (TPSA) is 128 Å². The number of thioether (sulfide) groups is 1. The molecular weight excluding hydrogens is 919 g/mol. The second-order valence-electron chi connectivity index (χ2n) is 17.6. The summed E-state index contributed by atoms with van der Waals surface area (Å²) in [6.07, 6.45) is 3.54. The molecule has 4 aromatic carbocycles. The Balaban J connectivity index is 1.01. The summed E-state index contributed by atoms with van der Waals surface area (Å²) in [5, 5.41) is 3.48. The number of benzene rings is 4. The van der Waals surface area contributed by atoms with Crippen LogP contribution in [-0.4, -0.2) is 108 Å². The van der Waals surface area contributed by atoms with Crippen molar-refractivity contribution in [2.75, 3.05) is 69.2 Å². The molecule has 18 heteroatoms. The molecule has 2 aliphatic heterocycles. The number of piperazine rings is 1. The van der Waals surface area contributed by atoms with E-state index in [9.17, 15) is 34.8 Å². The summed E-state index contributed by atoms with van der Waals surface area (Å²) < 4.78 is 103. The van der Waals surface area contributed by atoms with Crippen molar-refractivity contribution in [3.05, 3.63) is 119 Å². The van der Waals surface area contributed by atoms with Gasteiger partial charge < -0.3 is 15.0 Å². The number of carbonyl (C=O) groups excluding carboxylic acids is 1. The first-order valence-electron chi connectivity index (χ1n) is 21.6. The van der Waals surface area contributed by atoms with Gasteiger partial charge in [0.25, 0.3) is 25.8 Å². The molecule has 0 unspecified atom stereocenters. The van der Waals surface area contributed by atoms with Crippen LogP contribution in [-0.2, 0) is 24.6 Å². The fourth-order valence-corrected chi connectivity index (χ4v) is 12.1. The minimum Gasteiger partial charge on any atom is -0.381 e. The van der Waals surface area contributed by atoms with Crippen molar-refractivity contribution < 1.29 is 39.5 Å². The lowest BCUT2D eigenvalue weighted by atomic mass is 9.73. The summed E-state index contributed by atoms with van der Waals surface area (Å²) in [6.45, 7) is 12.6. The van der Waals surface area contributed by atoms with Crippen molar-refractivity contribution in [3.8, 4) is 0 Å². The third kappa shape index (κ3) is 12.3. The number of hydrogen-bond acceptors (Lipinski definition) is 11. The average Bonchev–Trinajstić information content (AvgIpc) is 3.27. The number of ether oxygens (including phenoxy) is 1. The molecule has 3 aliphatic rings. The Bertz CT molecular complexity index is 2550. The van der Waals surface area contributed by atoms with Crippen LogP contribution in [0.1, 0.15) is 62.4 Å². The maximum atomic E-state index is 14.1. The molecule has 350 valence electrons. The standard InChI is InChI=1S/C47H55ClF3N5O6S3/c1-33(29-44(56-25-27-62-28-26-56)63-39-7-5-4-6-8-39)52-42-18-17-40(30-43(42)64(58,59)47(49,50)51)65(60,61)53-45(57)35-11-15-38(16-12-35)55-23-21-54(22-24-55)32-36-31-46(2,3)20-19-41(36)34-9-13-37(48)14-10-34/h4-18,30,33,44,52H,19-29,31-32H2,1-3H3,(H,53,57)/t33-,44+/m1/s1. The quantitative estimate of drug-likeness (QED) is 0.111. The summed E-state index contributed by atoms with van der Waals surface area (Å²) in [5.41, 5.74) is -1.04. The van der Waals surface area contributed by atoms with E-state index < -0.39 is 52.8 Å². The van der Waals surface area contributed by atoms with Crippen molar-refractivity contribution in [1.29, 1.82) is 0 Å². The van der Waals surface area contributed by atoms with Crippen LogP contribution in [0.15, 0.2) is 117 Å². The van der Waals surface area contributed by atoms with Crippen molar-refractivity contribution >= 4 is 66.1 Å². The number of carbonyl (C=O) groups is 1. The van der Waals surface area contributed by atoms with Crippen LogP contribution in [0.25, 0.3) is 5.57 Å². The van der Waals surface area contributed by atoms with Crippen molar-refractivity contribution in [2.45, 2.75) is 78.1 Å². The Morgan fingerprint density at radius 1 is 0.877 bits per heavy atom. The smallest absolute Gasteiger partial charge is 0.381 e. The number of amides is 1. The molecule has 0 bridgehead atoms. The Morgan fingerprint density at radius 2 is 1.54 bits per heavy atom. The zero-order chi connectivity index (χ0) is 46.6. The summed E-state index contributed by atoms with van der Waals surface area (Å²) in [5.74, 6) is -1.03. The van der Waals surface area contributed by atoms with E-state index in [0.29, 0.717) is 43.8 Å². The van der Waals surface area contributed by atoms with Crippen molar-refractivity contribution in [3.63, 3.8) is 0 Å². The maximum absolute atomic E-state index is 14.1. The molecule has 0 radical (unpaired) electrons. The van der Waals surface area contributed by atoms with E-state index in [1.54, 1.807) is 30.8 Å². The van der Waals surface area contributed by atoms with Gasteiger partial charge in [0, 0.05) is 73.0 Å². The van der Waals surface area contributed by atoms with Gasteiger partial charge in [0.2, 0.25) is 0 Å². The normalized spacial score (nSPS) is 18.8. The van der Waals surface area contributed by atoms with E-state index >= 15 is 0 Å². The zero-order valence-corrected chi connectivity index (χ0v) is 39.8. The fourth-order valence-electron chi connectivity index (χ4n) is 8.62. The van der Waals surface area contributed by atoms with E-state index in [0.717, 1.165) is 74.7 Å². The van der Waals surface area contributed by atoms with Gasteiger partial charge in [-0.15, -0.1) is 11.8 Å². The monoisotopic (exact) mass is 973 g/mol. The minimum absolute atomic E-state index is 0.00372. The number of allylic oxidation sites excluding steroid dienone is 1. The molecule has 2 atom stereocenters. The van der Waals surface area contributed by atoms with Crippen LogP contribution < -0.4 is 14.9 Å². The lowest BCUT2D eigenvalue weighted by Crippen LogP contribution is -2.47. The number of halogens is 4. The minimum atomic E-state index is -6.05. The number of rotatable bonds is 15. The van der Waals surface area contributed by atoms with Gasteiger partial charge in [-0.1, -0.05) is 61.4 Å². The van der Waals surface area contributed by atoms with Crippen LogP contribution in [0.4, 0.5) is 24.5 Å². The molecule has 0 aromatic heterocycles. The van der Waals surface area contributed by atoms with Gasteiger partial charge in [-0.3, -0.25) is 14.6 Å². The Hall–Kier alpha value is -4.10. The Kier molecular flexibility index (Phi) is 15.3. The fraction of sp³-hybridized carbons (Fsp3) is 0.426. The van der Waals surface area contributed by atoms with E-state index in [4.69, 9.17) is 16.3 Å². The molecule has 0 saturated carbocycles. The highest BCUT2D eigenvalue weighted by Gasteiger charge is 2.48. The van der Waals surface area contributed by atoms with Gasteiger partial charge in [0.15, 0.2) is 0 Å². The highest BCUT2D eigenvalue weighted by Crippen LogP contribution is 2.43. The van der Waals surface area contributed by atoms with Gasteiger partial charge in [-0.25, -0.2) is 21.6 Å². The van der Waals surface area contributed by atoms with Crippen LogP contribution in [0.2, 0.25) is 5.02 Å². The number of nitrogens with one attached hydrogen (secondary N) is 2. The van der Waals surface area contributed by atoms with Gasteiger partial charge in [-0.2, -0.15) is 13.2 Å². The van der Waals surface area contributed by atoms with Crippen LogP contribution in [0, 0.1) is 5.41 Å². The number of sulfonamides is 1. The number of morpholine rings is 1. The average molecular weight is 975 g/mol. The first-order valence-corrected chi connectivity index (χ1v) is 25.9. The van der Waals surface area contributed by atoms with E-state index in [2.05, 4.69) is 46.0 Å². The van der Waals surface area contributed by atoms with Gasteiger partial charge >= 0.3 is 5.51 Å². The summed E-state index contributed by atoms with van der Waals surface area (Å²) in [6, 6.07) is 25.9. The predicted molar refractivity (Wildman–Crippen MR) is 252 cm³/mol. The molecule has 2 heterocycles. The largest absolute Gasteiger partial charge is 0.501 e. The van der Waals surface area contributed by atoms with Crippen molar-refractivity contribution in [1.82, 2.24) is 14.5 Å². The lowest BCUT2D eigenvalue weighted by molar-refractivity contribution is -0.0435. The van der Waals surface area contributed by atoms with E-state index in [1.165, 1.54) is 28.8 Å². The first-order chi connectivity index (χ1) is 30.8. The van der Waals surface area contributed by atoms with Crippen LogP contribution in [0.3, 0.4) is 0 Å². The second-order valence-corrected chi connectivity index (χ2v) is 22.9. The molecule has 65 heavy (non-hydrogen) atoms. The molecule has 2 saturated heterocycles. The molecule has 7 rings (SSSR count). The zero-order valence-electron chi connectivity index (χ0n) is 36.6. The number of anilines is 2. The SMILES string of the molecule is C[C@H](C[C@H](Sc1ccccc1)N1CCOCC1)Nc1ccc(S(=O)(=O)NC(=O)c2ccc(N3CCN(CC4=C(c5ccc(Cl)cc5)CCC(C)(C)C4)CC3)cc2)cc1S(=O)(=O)C(F)(F)F. The number of hydrogen-bond donors (Lipinski definition) is 2. The van der Waals surface area contributed by atoms with Crippen molar-refractivity contribution in [2.24, 2.45) is 5.41 Å². The number of sulfone groups is 1. The van der Waals surface area contributed by atoms with Crippen LogP contribution >= 0.6 is 23.4 Å². The summed E-state index contributed by atoms with van der Waals surface area (Å²) in [4.78, 5) is 19.1. The number of alkyl halides is 3. The Morgan fingerprint density at radius 3 is 2.18 bits per heavy atom. The molecular formula is C47H55ClF3N5O6S3. The predicted octanol–water partition coefficient (Wildman–Crippen LogP) is 9.18. The first kappa shape index (κ1) is 48.8. The van der Waals surface area contributed by atoms with Gasteiger partial charge in [-0.05, 0) is 116 Å². The van der Waals surface area contributed by atoms with Gasteiger partial charge in [0.05, 0.1) is 29.2 Å². The summed E-state index contributed by atoms with van der Waals surface area (Å²) >= 11 is 7.76. The molecule has 1 amide bonds. The molecule has 2 fully saturated rings. The van der Waals surface area contributed by atoms with E-state index in [-0.39, 0.29) is 16.4 Å². The second kappa shape index (κ2) is 20.4. The third-order valence-corrected chi connectivity index (χ3v) is 16.6. The molecule has 0 spiro atoms. The van der Waals surface area contributed by atoms with Crippen LogP contribution in [0.5, 0.6) is 0 Å². The Labute approximate surface area is 389 Å². The lowest BCUT2D eigenvalue weighted by Gasteiger charge is -2.39. The highest BCUT2D eigenvalue weighted by molar-refractivity contribution is 7.99. The maximum Gasteiger partial charge on any atom is 0.501 e. The van der Waals surface area contributed by atoms with E-state index in [1.807, 2.05) is 47.2 Å². The molecule has 2 N–H and O–H groups in total. The molecule has 1 aliphatic carbocycles. The number of nitrogens with zero attached hydrogens (tertiary/aromatic N) is 3. The van der Waals surface area contributed by atoms with Gasteiger partial charge in [0.1, 0.15) is 4.90 Å². The third-order valence-electron chi connectivity index (χ3n) is 12.2.